The van der Waals surface area contributed by atoms with Gasteiger partial charge in [-0.05, 0) is 32.1 Å². The summed E-state index contributed by atoms with van der Waals surface area (Å²) in [6.07, 6.45) is 3.18. The van der Waals surface area contributed by atoms with Crippen LogP contribution in [0.3, 0.4) is 0 Å². The number of anilines is 1. The fraction of sp³-hybridized carbons (Fsp3) is 0.571. The summed E-state index contributed by atoms with van der Waals surface area (Å²) in [5, 5.41) is 3.71. The van der Waals surface area contributed by atoms with Crippen molar-refractivity contribution in [2.24, 2.45) is 0 Å². The van der Waals surface area contributed by atoms with E-state index in [-0.39, 0.29) is 5.91 Å². The monoisotopic (exact) mass is 296 g/mol. The van der Waals surface area contributed by atoms with Gasteiger partial charge in [0.2, 0.25) is 5.91 Å². The highest BCUT2D eigenvalue weighted by atomic mass is 35.5. The van der Waals surface area contributed by atoms with E-state index in [9.17, 15) is 4.79 Å². The van der Waals surface area contributed by atoms with Crippen molar-refractivity contribution in [1.82, 2.24) is 15.2 Å². The molecule has 1 saturated heterocycles. The highest BCUT2D eigenvalue weighted by molar-refractivity contribution is 6.30. The number of hydrogen-bond donors (Lipinski definition) is 1. The molecule has 1 aromatic rings. The SMILES string of the molecule is CNCCCC(=O)N1CCN(c2ccc(Cl)cn2)CC1. The van der Waals surface area contributed by atoms with Crippen LogP contribution in [0.2, 0.25) is 5.02 Å². The first-order chi connectivity index (χ1) is 9.70. The smallest absolute Gasteiger partial charge is 0.222 e. The standard InChI is InChI=1S/C14H21ClN4O/c1-16-6-2-3-14(20)19-9-7-18(8-10-19)13-5-4-12(15)11-17-13/h4-5,11,16H,2-3,6-10H2,1H3. The third-order valence-electron chi connectivity index (χ3n) is 3.49. The number of carbonyl (C=O) groups excluding carboxylic acids is 1. The molecule has 5 nitrogen and oxygen atoms in total. The molecule has 1 aliphatic heterocycles. The number of hydrogen-bond acceptors (Lipinski definition) is 4. The van der Waals surface area contributed by atoms with Gasteiger partial charge in [-0.3, -0.25) is 4.79 Å². The Labute approximate surface area is 124 Å². The molecule has 1 N–H and O–H groups in total. The molecular weight excluding hydrogens is 276 g/mol. The van der Waals surface area contributed by atoms with Crippen molar-refractivity contribution in [2.45, 2.75) is 12.8 Å². The largest absolute Gasteiger partial charge is 0.353 e. The summed E-state index contributed by atoms with van der Waals surface area (Å²) in [7, 11) is 1.91. The molecule has 0 radical (unpaired) electrons. The van der Waals surface area contributed by atoms with E-state index in [1.165, 1.54) is 0 Å². The molecule has 2 heterocycles. The number of rotatable bonds is 5. The summed E-state index contributed by atoms with van der Waals surface area (Å²) in [6.45, 7) is 4.07. The number of halogens is 1. The third kappa shape index (κ3) is 4.08. The number of carbonyl (C=O) groups is 1. The predicted octanol–water partition coefficient (Wildman–Crippen LogP) is 1.38. The Morgan fingerprint density at radius 3 is 2.70 bits per heavy atom. The van der Waals surface area contributed by atoms with Gasteiger partial charge in [-0.1, -0.05) is 11.6 Å². The minimum absolute atomic E-state index is 0.254. The van der Waals surface area contributed by atoms with Gasteiger partial charge >= 0.3 is 0 Å². The second kappa shape index (κ2) is 7.45. The van der Waals surface area contributed by atoms with E-state index in [1.54, 1.807) is 6.20 Å². The molecule has 20 heavy (non-hydrogen) atoms. The fourth-order valence-electron chi connectivity index (χ4n) is 2.31. The number of nitrogens with one attached hydrogen (secondary N) is 1. The first-order valence-corrected chi connectivity index (χ1v) is 7.37. The summed E-state index contributed by atoms with van der Waals surface area (Å²) >= 11 is 5.84. The lowest BCUT2D eigenvalue weighted by atomic mass is 10.2. The molecule has 6 heteroatoms. The first-order valence-electron chi connectivity index (χ1n) is 6.99. The van der Waals surface area contributed by atoms with E-state index in [2.05, 4.69) is 15.2 Å². The Morgan fingerprint density at radius 1 is 1.35 bits per heavy atom. The van der Waals surface area contributed by atoms with Crippen molar-refractivity contribution >= 4 is 23.3 Å². The number of piperazine rings is 1. The lowest BCUT2D eigenvalue weighted by Crippen LogP contribution is -2.49. The minimum Gasteiger partial charge on any atom is -0.353 e. The Kier molecular flexibility index (Phi) is 5.61. The highest BCUT2D eigenvalue weighted by Crippen LogP contribution is 2.16. The predicted molar refractivity (Wildman–Crippen MR) is 81.2 cm³/mol. The van der Waals surface area contributed by atoms with Gasteiger partial charge in [-0.2, -0.15) is 0 Å². The van der Waals surface area contributed by atoms with E-state index in [0.29, 0.717) is 11.4 Å². The van der Waals surface area contributed by atoms with Gasteiger partial charge in [-0.25, -0.2) is 4.98 Å². The zero-order chi connectivity index (χ0) is 14.4. The van der Waals surface area contributed by atoms with Gasteiger partial charge in [0.15, 0.2) is 0 Å². The Hall–Kier alpha value is -1.33. The molecule has 1 fully saturated rings. The van der Waals surface area contributed by atoms with E-state index in [1.807, 2.05) is 24.1 Å². The number of amides is 1. The molecule has 110 valence electrons. The highest BCUT2D eigenvalue weighted by Gasteiger charge is 2.21. The van der Waals surface area contributed by atoms with Gasteiger partial charge in [0, 0.05) is 38.8 Å². The third-order valence-corrected chi connectivity index (χ3v) is 3.71. The van der Waals surface area contributed by atoms with Gasteiger partial charge < -0.3 is 15.1 Å². The Bertz CT molecular complexity index is 429. The van der Waals surface area contributed by atoms with E-state index in [4.69, 9.17) is 11.6 Å². The average Bonchev–Trinajstić information content (AvgIpc) is 2.48. The average molecular weight is 297 g/mol. The van der Waals surface area contributed by atoms with Crippen LogP contribution in [-0.4, -0.2) is 55.6 Å². The first kappa shape index (κ1) is 15.1. The van der Waals surface area contributed by atoms with Gasteiger partial charge in [0.05, 0.1) is 5.02 Å². The van der Waals surface area contributed by atoms with Crippen molar-refractivity contribution < 1.29 is 4.79 Å². The lowest BCUT2D eigenvalue weighted by molar-refractivity contribution is -0.131. The summed E-state index contributed by atoms with van der Waals surface area (Å²) in [5.41, 5.74) is 0. The molecular formula is C14H21ClN4O. The second-order valence-corrected chi connectivity index (χ2v) is 5.35. The van der Waals surface area contributed by atoms with Crippen molar-refractivity contribution in [3.63, 3.8) is 0 Å². The van der Waals surface area contributed by atoms with Crippen LogP contribution in [0, 0.1) is 0 Å². The van der Waals surface area contributed by atoms with Crippen LogP contribution in [0.5, 0.6) is 0 Å². The molecule has 0 spiro atoms. The number of aromatic nitrogens is 1. The van der Waals surface area contributed by atoms with Crippen LogP contribution in [0.15, 0.2) is 18.3 Å². The van der Waals surface area contributed by atoms with Crippen LogP contribution in [-0.2, 0) is 4.79 Å². The van der Waals surface area contributed by atoms with Gasteiger partial charge in [0.25, 0.3) is 0 Å². The molecule has 0 unspecified atom stereocenters. The molecule has 1 aromatic heterocycles. The Balaban J connectivity index is 1.80. The second-order valence-electron chi connectivity index (χ2n) is 4.91. The molecule has 2 rings (SSSR count). The zero-order valence-corrected chi connectivity index (χ0v) is 12.6. The van der Waals surface area contributed by atoms with Crippen molar-refractivity contribution in [1.29, 1.82) is 0 Å². The normalized spacial score (nSPS) is 15.5. The van der Waals surface area contributed by atoms with Crippen molar-refractivity contribution in [3.05, 3.63) is 23.4 Å². The van der Waals surface area contributed by atoms with Crippen LogP contribution in [0.1, 0.15) is 12.8 Å². The number of pyridine rings is 1. The molecule has 0 aliphatic carbocycles. The summed E-state index contributed by atoms with van der Waals surface area (Å²) in [5.74, 6) is 1.18. The maximum Gasteiger partial charge on any atom is 0.222 e. The van der Waals surface area contributed by atoms with E-state index in [0.717, 1.165) is 45.0 Å². The molecule has 1 amide bonds. The van der Waals surface area contributed by atoms with Gasteiger partial charge in [-0.15, -0.1) is 0 Å². The maximum absolute atomic E-state index is 12.0. The minimum atomic E-state index is 0.254. The zero-order valence-electron chi connectivity index (χ0n) is 11.8. The number of nitrogens with zero attached hydrogens (tertiary/aromatic N) is 3. The maximum atomic E-state index is 12.0. The quantitative estimate of drug-likeness (QED) is 0.834. The lowest BCUT2D eigenvalue weighted by Gasteiger charge is -2.35. The van der Waals surface area contributed by atoms with Gasteiger partial charge in [0.1, 0.15) is 5.82 Å². The fourth-order valence-corrected chi connectivity index (χ4v) is 2.43. The van der Waals surface area contributed by atoms with Crippen LogP contribution < -0.4 is 10.2 Å². The summed E-state index contributed by atoms with van der Waals surface area (Å²) in [6, 6.07) is 3.77. The van der Waals surface area contributed by atoms with Crippen LogP contribution in [0.4, 0.5) is 5.82 Å². The molecule has 0 bridgehead atoms. The van der Waals surface area contributed by atoms with E-state index >= 15 is 0 Å². The van der Waals surface area contributed by atoms with Crippen molar-refractivity contribution in [2.75, 3.05) is 44.7 Å². The summed E-state index contributed by atoms with van der Waals surface area (Å²) < 4.78 is 0. The molecule has 0 aromatic carbocycles. The molecule has 0 atom stereocenters. The van der Waals surface area contributed by atoms with Crippen molar-refractivity contribution in [3.8, 4) is 0 Å². The van der Waals surface area contributed by atoms with Crippen LogP contribution in [0.25, 0.3) is 0 Å². The van der Waals surface area contributed by atoms with Crippen LogP contribution >= 0.6 is 11.6 Å². The molecule has 1 aliphatic rings. The summed E-state index contributed by atoms with van der Waals surface area (Å²) in [4.78, 5) is 20.5. The topological polar surface area (TPSA) is 48.5 Å². The molecule has 0 saturated carbocycles. The van der Waals surface area contributed by atoms with E-state index < -0.39 is 0 Å². The Morgan fingerprint density at radius 2 is 2.10 bits per heavy atom.